The van der Waals surface area contributed by atoms with Gasteiger partial charge in [0.2, 0.25) is 0 Å². The Kier molecular flexibility index (Phi) is 3.57. The van der Waals surface area contributed by atoms with Gasteiger partial charge in [-0.3, -0.25) is 4.79 Å². The summed E-state index contributed by atoms with van der Waals surface area (Å²) in [6.07, 6.45) is 0. The van der Waals surface area contributed by atoms with Gasteiger partial charge < -0.3 is 15.4 Å². The summed E-state index contributed by atoms with van der Waals surface area (Å²) in [6.45, 7) is 5.61. The van der Waals surface area contributed by atoms with E-state index in [1.165, 1.54) is 0 Å². The van der Waals surface area contributed by atoms with Gasteiger partial charge in [-0.15, -0.1) is 0 Å². The molecule has 0 saturated carbocycles. The maximum absolute atomic E-state index is 11.7. The van der Waals surface area contributed by atoms with Gasteiger partial charge in [-0.1, -0.05) is 13.8 Å². The molecule has 0 spiro atoms. The van der Waals surface area contributed by atoms with E-state index in [9.17, 15) is 9.90 Å². The van der Waals surface area contributed by atoms with Crippen molar-refractivity contribution in [2.24, 2.45) is 11.0 Å². The van der Waals surface area contributed by atoms with E-state index in [2.05, 4.69) is 10.4 Å². The lowest BCUT2D eigenvalue weighted by Gasteiger charge is -2.14. The molecule has 1 atom stereocenters. The van der Waals surface area contributed by atoms with Gasteiger partial charge in [-0.25, -0.2) is 0 Å². The van der Waals surface area contributed by atoms with Crippen LogP contribution in [-0.2, 0) is 4.79 Å². The second-order valence-corrected chi connectivity index (χ2v) is 4.49. The molecule has 90 valence electrons. The Bertz CT molecular complexity index is 356. The van der Waals surface area contributed by atoms with Crippen molar-refractivity contribution < 1.29 is 9.90 Å². The van der Waals surface area contributed by atoms with Crippen molar-refractivity contribution in [2.75, 3.05) is 14.1 Å². The van der Waals surface area contributed by atoms with Crippen molar-refractivity contribution in [3.63, 3.8) is 0 Å². The van der Waals surface area contributed by atoms with Crippen molar-refractivity contribution in [2.45, 2.75) is 26.8 Å². The molecule has 1 rings (SSSR count). The number of aliphatic hydroxyl groups excluding tert-OH is 1. The van der Waals surface area contributed by atoms with Crippen molar-refractivity contribution in [3.8, 4) is 0 Å². The van der Waals surface area contributed by atoms with Gasteiger partial charge in [0.15, 0.2) is 0 Å². The molecule has 0 aromatic carbocycles. The minimum atomic E-state index is -0.296. The van der Waals surface area contributed by atoms with Crippen LogP contribution in [0.2, 0.25) is 0 Å². The maximum atomic E-state index is 11.7. The first-order valence-corrected chi connectivity index (χ1v) is 5.31. The maximum Gasteiger partial charge on any atom is 0.257 e. The van der Waals surface area contributed by atoms with Crippen molar-refractivity contribution >= 4 is 11.6 Å². The summed E-state index contributed by atoms with van der Waals surface area (Å²) in [5, 5.41) is 18.4. The summed E-state index contributed by atoms with van der Waals surface area (Å²) in [7, 11) is 3.54. The van der Waals surface area contributed by atoms with Crippen LogP contribution in [0.5, 0.6) is 0 Å². The summed E-state index contributed by atoms with van der Waals surface area (Å²) >= 11 is 0. The van der Waals surface area contributed by atoms with Gasteiger partial charge in [-0.2, -0.15) is 5.10 Å². The minimum Gasteiger partial charge on any atom is -0.509 e. The first kappa shape index (κ1) is 12.5. The zero-order valence-corrected chi connectivity index (χ0v) is 10.4. The molecule has 5 heteroatoms. The van der Waals surface area contributed by atoms with E-state index in [-0.39, 0.29) is 23.6 Å². The van der Waals surface area contributed by atoms with E-state index in [4.69, 9.17) is 0 Å². The Labute approximate surface area is 95.8 Å². The number of hydrogen-bond acceptors (Lipinski definition) is 4. The summed E-state index contributed by atoms with van der Waals surface area (Å²) in [5.41, 5.74) is 0.829. The standard InChI is InChI=1S/C11H19N3O2/c1-6(2)9-10(15)8(11(16)12-9)7(3)13-14(4)5/h6,9,15H,1-5H3,(H,12,16)/t9-/m0/s1. The molecule has 0 aliphatic carbocycles. The zero-order valence-electron chi connectivity index (χ0n) is 10.4. The second-order valence-electron chi connectivity index (χ2n) is 4.49. The normalized spacial score (nSPS) is 21.8. The van der Waals surface area contributed by atoms with E-state index < -0.39 is 0 Å². The average Bonchev–Trinajstić information content (AvgIpc) is 2.40. The van der Waals surface area contributed by atoms with Crippen LogP contribution in [0.15, 0.2) is 16.4 Å². The third-order valence-electron chi connectivity index (χ3n) is 2.44. The quantitative estimate of drug-likeness (QED) is 0.554. The van der Waals surface area contributed by atoms with E-state index in [0.717, 1.165) is 0 Å². The van der Waals surface area contributed by atoms with Gasteiger partial charge in [0.1, 0.15) is 11.3 Å². The lowest BCUT2D eigenvalue weighted by molar-refractivity contribution is -0.116. The highest BCUT2D eigenvalue weighted by Crippen LogP contribution is 2.21. The van der Waals surface area contributed by atoms with Gasteiger partial charge in [0, 0.05) is 14.1 Å². The molecule has 0 radical (unpaired) electrons. The largest absolute Gasteiger partial charge is 0.509 e. The van der Waals surface area contributed by atoms with Crippen LogP contribution >= 0.6 is 0 Å². The molecule has 0 saturated heterocycles. The molecule has 1 heterocycles. The molecule has 0 bridgehead atoms. The first-order valence-electron chi connectivity index (χ1n) is 5.31. The summed E-state index contributed by atoms with van der Waals surface area (Å²) in [6, 6.07) is -0.296. The number of nitrogens with zero attached hydrogens (tertiary/aromatic N) is 2. The first-order chi connectivity index (χ1) is 7.34. The molecule has 16 heavy (non-hydrogen) atoms. The molecule has 5 nitrogen and oxygen atoms in total. The zero-order chi connectivity index (χ0) is 12.5. The molecular formula is C11H19N3O2. The molecule has 2 N–H and O–H groups in total. The number of carbonyl (C=O) groups is 1. The molecule has 0 aromatic heterocycles. The fraction of sp³-hybridized carbons (Fsp3) is 0.636. The molecule has 1 aliphatic heterocycles. The molecule has 1 amide bonds. The lowest BCUT2D eigenvalue weighted by atomic mass is 10.0. The van der Waals surface area contributed by atoms with Gasteiger partial charge in [0.25, 0.3) is 5.91 Å². The van der Waals surface area contributed by atoms with Crippen LogP contribution in [0.4, 0.5) is 0 Å². The lowest BCUT2D eigenvalue weighted by Crippen LogP contribution is -2.33. The topological polar surface area (TPSA) is 64.9 Å². The number of hydrazone groups is 1. The molecule has 1 aliphatic rings. The number of nitrogens with one attached hydrogen (secondary N) is 1. The highest BCUT2D eigenvalue weighted by Gasteiger charge is 2.34. The molecule has 0 aromatic rings. The fourth-order valence-corrected chi connectivity index (χ4v) is 1.74. The predicted octanol–water partition coefficient (Wildman–Crippen LogP) is 0.890. The monoisotopic (exact) mass is 225 g/mol. The van der Waals surface area contributed by atoms with E-state index in [1.807, 2.05) is 13.8 Å². The van der Waals surface area contributed by atoms with Gasteiger partial charge >= 0.3 is 0 Å². The van der Waals surface area contributed by atoms with Crippen molar-refractivity contribution in [1.82, 2.24) is 10.3 Å². The van der Waals surface area contributed by atoms with Crippen LogP contribution in [-0.4, -0.2) is 41.9 Å². The Morgan fingerprint density at radius 3 is 2.44 bits per heavy atom. The third-order valence-corrected chi connectivity index (χ3v) is 2.44. The summed E-state index contributed by atoms with van der Waals surface area (Å²) < 4.78 is 0. The fourth-order valence-electron chi connectivity index (χ4n) is 1.74. The van der Waals surface area contributed by atoms with E-state index in [1.54, 1.807) is 26.0 Å². The van der Waals surface area contributed by atoms with E-state index >= 15 is 0 Å². The minimum absolute atomic E-state index is 0.100. The van der Waals surface area contributed by atoms with Crippen molar-refractivity contribution in [3.05, 3.63) is 11.3 Å². The Morgan fingerprint density at radius 1 is 1.50 bits per heavy atom. The smallest absolute Gasteiger partial charge is 0.257 e. The number of aliphatic hydroxyl groups is 1. The number of rotatable bonds is 3. The SMILES string of the molecule is CC(=NN(C)C)C1=C(O)[C@H](C(C)C)NC1=O. The third kappa shape index (κ3) is 2.35. The highest BCUT2D eigenvalue weighted by molar-refractivity contribution is 6.22. The number of hydrogen-bond donors (Lipinski definition) is 2. The second kappa shape index (κ2) is 4.55. The Hall–Kier alpha value is -1.52. The average molecular weight is 225 g/mol. The van der Waals surface area contributed by atoms with Crippen LogP contribution < -0.4 is 5.32 Å². The summed E-state index contributed by atoms with van der Waals surface area (Å²) in [4.78, 5) is 11.7. The Morgan fingerprint density at radius 2 is 2.06 bits per heavy atom. The summed E-state index contributed by atoms with van der Waals surface area (Å²) in [5.74, 6) is 0.0102. The van der Waals surface area contributed by atoms with E-state index in [0.29, 0.717) is 11.3 Å². The van der Waals surface area contributed by atoms with Crippen LogP contribution in [0.3, 0.4) is 0 Å². The molecular weight excluding hydrogens is 206 g/mol. The van der Waals surface area contributed by atoms with Crippen LogP contribution in [0.1, 0.15) is 20.8 Å². The highest BCUT2D eigenvalue weighted by atomic mass is 16.3. The molecule has 0 unspecified atom stereocenters. The Balaban J connectivity index is 3.07. The molecule has 0 fully saturated rings. The van der Waals surface area contributed by atoms with Crippen molar-refractivity contribution in [1.29, 1.82) is 0 Å². The van der Waals surface area contributed by atoms with Gasteiger partial charge in [0.05, 0.1) is 11.8 Å². The van der Waals surface area contributed by atoms with Crippen LogP contribution in [0, 0.1) is 5.92 Å². The van der Waals surface area contributed by atoms with Gasteiger partial charge in [-0.05, 0) is 12.8 Å². The predicted molar refractivity (Wildman–Crippen MR) is 63.2 cm³/mol. The number of carbonyl (C=O) groups excluding carboxylic acids is 1. The number of amides is 1. The van der Waals surface area contributed by atoms with Crippen LogP contribution in [0.25, 0.3) is 0 Å².